The fourth-order valence-electron chi connectivity index (χ4n) is 1.77. The van der Waals surface area contributed by atoms with Gasteiger partial charge in [0.2, 0.25) is 0 Å². The minimum Gasteiger partial charge on any atom is -0.492 e. The van der Waals surface area contributed by atoms with Crippen molar-refractivity contribution in [3.8, 4) is 5.75 Å². The molecule has 19 heavy (non-hydrogen) atoms. The van der Waals surface area contributed by atoms with Crippen molar-refractivity contribution in [3.63, 3.8) is 0 Å². The molecule has 0 radical (unpaired) electrons. The second-order valence-electron chi connectivity index (χ2n) is 5.28. The van der Waals surface area contributed by atoms with Crippen molar-refractivity contribution in [1.29, 1.82) is 0 Å². The zero-order valence-corrected chi connectivity index (χ0v) is 13.4. The lowest BCUT2D eigenvalue weighted by Crippen LogP contribution is -2.30. The number of benzene rings is 1. The molecule has 1 aromatic carbocycles. The van der Waals surface area contributed by atoms with Crippen LogP contribution >= 0.6 is 23.2 Å². The van der Waals surface area contributed by atoms with E-state index in [4.69, 9.17) is 27.9 Å². The molecule has 1 N–H and O–H groups in total. The Bertz CT molecular complexity index is 362. The van der Waals surface area contributed by atoms with Crippen molar-refractivity contribution < 1.29 is 4.74 Å². The quantitative estimate of drug-likeness (QED) is 0.697. The van der Waals surface area contributed by atoms with Gasteiger partial charge in [0.25, 0.3) is 0 Å². The van der Waals surface area contributed by atoms with Gasteiger partial charge in [-0.3, -0.25) is 0 Å². The van der Waals surface area contributed by atoms with E-state index in [9.17, 15) is 0 Å². The molecule has 4 heteroatoms. The normalized spacial score (nSPS) is 12.7. The standard InChI is InChI=1S/C15H23Cl2NO/c1-11(2)4-5-12(3)18-6-7-19-15-9-13(16)8-14(17)10-15/h8-12,18H,4-7H2,1-3H3. The van der Waals surface area contributed by atoms with Gasteiger partial charge in [-0.05, 0) is 43.9 Å². The van der Waals surface area contributed by atoms with Crippen LogP contribution in [-0.2, 0) is 0 Å². The van der Waals surface area contributed by atoms with Crippen LogP contribution < -0.4 is 10.1 Å². The van der Waals surface area contributed by atoms with Crippen molar-refractivity contribution >= 4 is 23.2 Å². The molecule has 0 aliphatic heterocycles. The monoisotopic (exact) mass is 303 g/mol. The first-order chi connectivity index (χ1) is 8.97. The number of hydrogen-bond acceptors (Lipinski definition) is 2. The summed E-state index contributed by atoms with van der Waals surface area (Å²) in [5, 5.41) is 4.64. The number of halogens is 2. The summed E-state index contributed by atoms with van der Waals surface area (Å²) in [5.41, 5.74) is 0. The highest BCUT2D eigenvalue weighted by molar-refractivity contribution is 6.34. The zero-order chi connectivity index (χ0) is 14.3. The summed E-state index contributed by atoms with van der Waals surface area (Å²) in [5.74, 6) is 1.48. The zero-order valence-electron chi connectivity index (χ0n) is 11.9. The lowest BCUT2D eigenvalue weighted by molar-refractivity contribution is 0.303. The average molecular weight is 304 g/mol. The molecule has 0 aromatic heterocycles. The molecule has 1 atom stereocenters. The van der Waals surface area contributed by atoms with E-state index in [1.807, 2.05) is 0 Å². The molecule has 1 unspecified atom stereocenters. The van der Waals surface area contributed by atoms with Gasteiger partial charge in [-0.2, -0.15) is 0 Å². The molecule has 108 valence electrons. The van der Waals surface area contributed by atoms with Gasteiger partial charge in [0.1, 0.15) is 12.4 Å². The van der Waals surface area contributed by atoms with E-state index in [1.54, 1.807) is 18.2 Å². The Labute approximate surface area is 126 Å². The summed E-state index contributed by atoms with van der Waals surface area (Å²) in [7, 11) is 0. The first kappa shape index (κ1) is 16.6. The molecule has 0 saturated carbocycles. The van der Waals surface area contributed by atoms with E-state index in [2.05, 4.69) is 26.1 Å². The predicted molar refractivity (Wildman–Crippen MR) is 83.5 cm³/mol. The van der Waals surface area contributed by atoms with E-state index >= 15 is 0 Å². The smallest absolute Gasteiger partial charge is 0.122 e. The van der Waals surface area contributed by atoms with E-state index in [0.29, 0.717) is 28.4 Å². The van der Waals surface area contributed by atoms with Crippen molar-refractivity contribution in [2.24, 2.45) is 5.92 Å². The molecule has 0 bridgehead atoms. The first-order valence-corrected chi connectivity index (χ1v) is 7.55. The maximum atomic E-state index is 5.90. The van der Waals surface area contributed by atoms with Crippen molar-refractivity contribution in [1.82, 2.24) is 5.32 Å². The lowest BCUT2D eigenvalue weighted by atomic mass is 10.0. The van der Waals surface area contributed by atoms with Gasteiger partial charge in [-0.25, -0.2) is 0 Å². The molecule has 1 aromatic rings. The van der Waals surface area contributed by atoms with Gasteiger partial charge in [-0.15, -0.1) is 0 Å². The van der Waals surface area contributed by atoms with Gasteiger partial charge in [-0.1, -0.05) is 37.0 Å². The second-order valence-corrected chi connectivity index (χ2v) is 6.15. The number of hydrogen-bond donors (Lipinski definition) is 1. The Morgan fingerprint density at radius 1 is 1.05 bits per heavy atom. The molecule has 2 nitrogen and oxygen atoms in total. The van der Waals surface area contributed by atoms with E-state index in [1.165, 1.54) is 12.8 Å². The van der Waals surface area contributed by atoms with E-state index in [0.717, 1.165) is 12.5 Å². The highest BCUT2D eigenvalue weighted by Gasteiger charge is 2.03. The summed E-state index contributed by atoms with van der Waals surface area (Å²) in [6.07, 6.45) is 2.44. The van der Waals surface area contributed by atoms with Crippen molar-refractivity contribution in [2.75, 3.05) is 13.2 Å². The van der Waals surface area contributed by atoms with Crippen molar-refractivity contribution in [3.05, 3.63) is 28.2 Å². The number of ether oxygens (including phenoxy) is 1. The van der Waals surface area contributed by atoms with Crippen LogP contribution in [-0.4, -0.2) is 19.2 Å². The topological polar surface area (TPSA) is 21.3 Å². The molecular weight excluding hydrogens is 281 g/mol. The van der Waals surface area contributed by atoms with Gasteiger partial charge >= 0.3 is 0 Å². The number of rotatable bonds is 8. The molecule has 0 aliphatic carbocycles. The van der Waals surface area contributed by atoms with Crippen LogP contribution in [0.25, 0.3) is 0 Å². The summed E-state index contributed by atoms with van der Waals surface area (Å²) in [6, 6.07) is 5.77. The third kappa shape index (κ3) is 7.66. The van der Waals surface area contributed by atoms with Crippen LogP contribution in [0.5, 0.6) is 5.75 Å². The Morgan fingerprint density at radius 2 is 1.68 bits per heavy atom. The van der Waals surface area contributed by atoms with Gasteiger partial charge in [0, 0.05) is 22.6 Å². The first-order valence-electron chi connectivity index (χ1n) is 6.79. The van der Waals surface area contributed by atoms with E-state index in [-0.39, 0.29) is 0 Å². The average Bonchev–Trinajstić information content (AvgIpc) is 2.31. The Balaban J connectivity index is 2.19. The maximum absolute atomic E-state index is 5.90. The largest absolute Gasteiger partial charge is 0.492 e. The highest BCUT2D eigenvalue weighted by atomic mass is 35.5. The SMILES string of the molecule is CC(C)CCC(C)NCCOc1cc(Cl)cc(Cl)c1. The Hall–Kier alpha value is -0.440. The summed E-state index contributed by atoms with van der Waals surface area (Å²) in [6.45, 7) is 8.14. The van der Waals surface area contributed by atoms with Crippen LogP contribution in [0.2, 0.25) is 10.0 Å². The molecule has 0 aliphatic rings. The third-order valence-corrected chi connectivity index (χ3v) is 3.31. The Kier molecular flexibility index (Phi) is 7.59. The van der Waals surface area contributed by atoms with Crippen LogP contribution in [0.15, 0.2) is 18.2 Å². The molecule has 0 heterocycles. The fraction of sp³-hybridized carbons (Fsp3) is 0.600. The highest BCUT2D eigenvalue weighted by Crippen LogP contribution is 2.23. The fourth-order valence-corrected chi connectivity index (χ4v) is 2.28. The van der Waals surface area contributed by atoms with E-state index < -0.39 is 0 Å². The van der Waals surface area contributed by atoms with Crippen LogP contribution in [0.3, 0.4) is 0 Å². The lowest BCUT2D eigenvalue weighted by Gasteiger charge is -2.15. The second kappa shape index (κ2) is 8.68. The molecule has 0 fully saturated rings. The summed E-state index contributed by atoms with van der Waals surface area (Å²) >= 11 is 11.8. The molecule has 0 amide bonds. The molecule has 1 rings (SSSR count). The predicted octanol–water partition coefficient (Wildman–Crippen LogP) is 4.79. The van der Waals surface area contributed by atoms with Crippen LogP contribution in [0, 0.1) is 5.92 Å². The van der Waals surface area contributed by atoms with Gasteiger partial charge in [0.15, 0.2) is 0 Å². The molecule has 0 spiro atoms. The van der Waals surface area contributed by atoms with Crippen LogP contribution in [0.4, 0.5) is 0 Å². The summed E-state index contributed by atoms with van der Waals surface area (Å²) < 4.78 is 5.61. The maximum Gasteiger partial charge on any atom is 0.122 e. The Morgan fingerprint density at radius 3 is 2.26 bits per heavy atom. The number of nitrogens with one attached hydrogen (secondary N) is 1. The minimum atomic E-state index is 0.522. The van der Waals surface area contributed by atoms with Crippen LogP contribution in [0.1, 0.15) is 33.6 Å². The minimum absolute atomic E-state index is 0.522. The molecular formula is C15H23Cl2NO. The molecule has 0 saturated heterocycles. The third-order valence-electron chi connectivity index (χ3n) is 2.88. The summed E-state index contributed by atoms with van der Waals surface area (Å²) in [4.78, 5) is 0. The van der Waals surface area contributed by atoms with Gasteiger partial charge in [0.05, 0.1) is 0 Å². The van der Waals surface area contributed by atoms with Crippen molar-refractivity contribution in [2.45, 2.75) is 39.7 Å². The van der Waals surface area contributed by atoms with Gasteiger partial charge < -0.3 is 10.1 Å².